The average Bonchev–Trinajstić information content (AvgIpc) is 2.50. The maximum absolute atomic E-state index is 12.1. The van der Waals surface area contributed by atoms with Crippen molar-refractivity contribution < 1.29 is 29.0 Å². The number of hydrogen-bond donors (Lipinski definition) is 1. The van der Waals surface area contributed by atoms with E-state index in [1.54, 1.807) is 25.1 Å². The molecule has 6 heteroatoms. The molecule has 118 valence electrons. The number of benzene rings is 1. The summed E-state index contributed by atoms with van der Waals surface area (Å²) in [5.41, 5.74) is 1.31. The second kappa shape index (κ2) is 8.61. The second-order valence-corrected chi connectivity index (χ2v) is 4.35. The van der Waals surface area contributed by atoms with Gasteiger partial charge < -0.3 is 14.6 Å². The lowest BCUT2D eigenvalue weighted by Gasteiger charge is -2.11. The number of esters is 2. The number of methoxy groups -OCH3 is 1. The van der Waals surface area contributed by atoms with Gasteiger partial charge in [0.15, 0.2) is 0 Å². The second-order valence-electron chi connectivity index (χ2n) is 4.35. The van der Waals surface area contributed by atoms with Crippen molar-refractivity contribution in [1.82, 2.24) is 0 Å². The molecule has 6 nitrogen and oxygen atoms in total. The Labute approximate surface area is 128 Å². The third kappa shape index (κ3) is 5.05. The topological polar surface area (TPSA) is 89.9 Å². The molecule has 0 atom stereocenters. The quantitative estimate of drug-likeness (QED) is 0.612. The largest absolute Gasteiger partial charge is 0.478 e. The highest BCUT2D eigenvalue weighted by atomic mass is 16.5. The van der Waals surface area contributed by atoms with Gasteiger partial charge in [0.05, 0.1) is 19.3 Å². The van der Waals surface area contributed by atoms with Gasteiger partial charge in [-0.25, -0.2) is 9.59 Å². The van der Waals surface area contributed by atoms with E-state index < -0.39 is 11.9 Å². The molecule has 22 heavy (non-hydrogen) atoms. The van der Waals surface area contributed by atoms with Crippen LogP contribution >= 0.6 is 0 Å². The molecular weight excluding hydrogens is 288 g/mol. The average molecular weight is 306 g/mol. The van der Waals surface area contributed by atoms with Crippen molar-refractivity contribution in [2.45, 2.75) is 19.8 Å². The van der Waals surface area contributed by atoms with Gasteiger partial charge in [0.2, 0.25) is 0 Å². The van der Waals surface area contributed by atoms with E-state index >= 15 is 0 Å². The first-order chi connectivity index (χ1) is 10.5. The lowest BCUT2D eigenvalue weighted by Crippen LogP contribution is -2.12. The fourth-order valence-corrected chi connectivity index (χ4v) is 1.92. The molecule has 0 saturated carbocycles. The van der Waals surface area contributed by atoms with E-state index in [9.17, 15) is 14.4 Å². The van der Waals surface area contributed by atoms with Gasteiger partial charge in [-0.2, -0.15) is 0 Å². The highest BCUT2D eigenvalue weighted by molar-refractivity contribution is 5.97. The maximum Gasteiger partial charge on any atom is 0.339 e. The zero-order chi connectivity index (χ0) is 16.5. The Bertz CT molecular complexity index is 588. The van der Waals surface area contributed by atoms with Gasteiger partial charge in [-0.05, 0) is 30.5 Å². The van der Waals surface area contributed by atoms with Crippen LogP contribution < -0.4 is 0 Å². The highest BCUT2D eigenvalue weighted by Crippen LogP contribution is 2.20. The molecule has 0 aliphatic heterocycles. The lowest BCUT2D eigenvalue weighted by atomic mass is 9.97. The van der Waals surface area contributed by atoms with Crippen LogP contribution in [0.5, 0.6) is 0 Å². The van der Waals surface area contributed by atoms with Crippen molar-refractivity contribution in [2.24, 2.45) is 0 Å². The Morgan fingerprint density at radius 2 is 2.00 bits per heavy atom. The van der Waals surface area contributed by atoms with Crippen molar-refractivity contribution in [3.63, 3.8) is 0 Å². The molecular formula is C16H18O6. The smallest absolute Gasteiger partial charge is 0.339 e. The lowest BCUT2D eigenvalue weighted by molar-refractivity contribution is -0.140. The number of carbonyl (C=O) groups is 3. The monoisotopic (exact) mass is 306 g/mol. The summed E-state index contributed by atoms with van der Waals surface area (Å²) in [7, 11) is 1.29. The summed E-state index contributed by atoms with van der Waals surface area (Å²) in [6.07, 6.45) is 2.70. The molecule has 0 bridgehead atoms. The standard InChI is InChI=1S/C16H18O6/c1-3-22-16(20)15-11(7-9-13(17)18)5-4-6-12(15)8-10-14(19)21-2/h4-7,9H,3,8,10H2,1-2H3,(H,17,18)/b9-7+. The van der Waals surface area contributed by atoms with Crippen LogP contribution in [0.3, 0.4) is 0 Å². The molecule has 1 aromatic rings. The minimum Gasteiger partial charge on any atom is -0.478 e. The van der Waals surface area contributed by atoms with Gasteiger partial charge in [-0.1, -0.05) is 18.2 Å². The van der Waals surface area contributed by atoms with E-state index in [4.69, 9.17) is 9.84 Å². The molecule has 0 unspecified atom stereocenters. The maximum atomic E-state index is 12.1. The van der Waals surface area contributed by atoms with Crippen molar-refractivity contribution in [3.05, 3.63) is 41.0 Å². The minimum atomic E-state index is -1.12. The molecule has 0 spiro atoms. The third-order valence-corrected chi connectivity index (χ3v) is 2.89. The molecule has 0 aliphatic carbocycles. The van der Waals surface area contributed by atoms with Crippen molar-refractivity contribution >= 4 is 24.0 Å². The summed E-state index contributed by atoms with van der Waals surface area (Å²) in [4.78, 5) is 34.0. The Morgan fingerprint density at radius 1 is 1.27 bits per heavy atom. The van der Waals surface area contributed by atoms with Crippen LogP contribution in [0.15, 0.2) is 24.3 Å². The van der Waals surface area contributed by atoms with Crippen LogP contribution in [0.25, 0.3) is 6.08 Å². The van der Waals surface area contributed by atoms with Crippen molar-refractivity contribution in [2.75, 3.05) is 13.7 Å². The van der Waals surface area contributed by atoms with Crippen LogP contribution in [0.4, 0.5) is 0 Å². The van der Waals surface area contributed by atoms with Gasteiger partial charge in [-0.15, -0.1) is 0 Å². The predicted octanol–water partition coefficient (Wildman–Crippen LogP) is 2.07. The summed E-state index contributed by atoms with van der Waals surface area (Å²) < 4.78 is 9.59. The van der Waals surface area contributed by atoms with Gasteiger partial charge in [0.1, 0.15) is 0 Å². The molecule has 1 N–H and O–H groups in total. The normalized spacial score (nSPS) is 10.5. The van der Waals surface area contributed by atoms with E-state index in [0.29, 0.717) is 17.5 Å². The zero-order valence-electron chi connectivity index (χ0n) is 12.5. The first-order valence-corrected chi connectivity index (χ1v) is 6.76. The summed E-state index contributed by atoms with van der Waals surface area (Å²) >= 11 is 0. The van der Waals surface area contributed by atoms with Crippen LogP contribution in [0.2, 0.25) is 0 Å². The molecule has 0 radical (unpaired) electrons. The number of carboxylic acid groups (broad SMARTS) is 1. The van der Waals surface area contributed by atoms with Gasteiger partial charge in [0.25, 0.3) is 0 Å². The number of carbonyl (C=O) groups excluding carboxylic acids is 2. The van der Waals surface area contributed by atoms with Crippen LogP contribution in [0, 0.1) is 0 Å². The van der Waals surface area contributed by atoms with Gasteiger partial charge >= 0.3 is 17.9 Å². The zero-order valence-corrected chi connectivity index (χ0v) is 12.5. The number of rotatable bonds is 7. The number of aryl methyl sites for hydroxylation is 1. The highest BCUT2D eigenvalue weighted by Gasteiger charge is 2.17. The minimum absolute atomic E-state index is 0.120. The molecule has 0 heterocycles. The van der Waals surface area contributed by atoms with E-state index in [0.717, 1.165) is 6.08 Å². The first kappa shape index (κ1) is 17.4. The van der Waals surface area contributed by atoms with E-state index in [2.05, 4.69) is 4.74 Å². The molecule has 0 saturated heterocycles. The fourth-order valence-electron chi connectivity index (χ4n) is 1.92. The summed E-state index contributed by atoms with van der Waals surface area (Å²) in [6, 6.07) is 5.01. The van der Waals surface area contributed by atoms with Gasteiger partial charge in [0, 0.05) is 12.5 Å². The molecule has 0 aromatic heterocycles. The molecule has 0 fully saturated rings. The molecule has 0 aliphatic rings. The number of hydrogen-bond acceptors (Lipinski definition) is 5. The van der Waals surface area contributed by atoms with Crippen LogP contribution in [-0.2, 0) is 25.5 Å². The van der Waals surface area contributed by atoms with Crippen LogP contribution in [0.1, 0.15) is 34.8 Å². The third-order valence-electron chi connectivity index (χ3n) is 2.89. The number of aliphatic carboxylic acids is 1. The Morgan fingerprint density at radius 3 is 2.59 bits per heavy atom. The van der Waals surface area contributed by atoms with Crippen molar-refractivity contribution in [1.29, 1.82) is 0 Å². The van der Waals surface area contributed by atoms with Crippen molar-refractivity contribution in [3.8, 4) is 0 Å². The van der Waals surface area contributed by atoms with Gasteiger partial charge in [-0.3, -0.25) is 4.79 Å². The fraction of sp³-hybridized carbons (Fsp3) is 0.312. The van der Waals surface area contributed by atoms with E-state index in [1.807, 2.05) is 0 Å². The Kier molecular flexibility index (Phi) is 6.82. The molecule has 1 rings (SSSR count). The Balaban J connectivity index is 3.18. The predicted molar refractivity (Wildman–Crippen MR) is 79.4 cm³/mol. The SMILES string of the molecule is CCOC(=O)c1c(/C=C/C(=O)O)cccc1CCC(=O)OC. The Hall–Kier alpha value is -2.63. The number of carboxylic acids is 1. The summed E-state index contributed by atoms with van der Waals surface area (Å²) in [5, 5.41) is 8.72. The number of ether oxygens (including phenoxy) is 2. The first-order valence-electron chi connectivity index (χ1n) is 6.76. The van der Waals surface area contributed by atoms with Crippen LogP contribution in [-0.4, -0.2) is 36.7 Å². The summed E-state index contributed by atoms with van der Waals surface area (Å²) in [5.74, 6) is -2.05. The summed E-state index contributed by atoms with van der Waals surface area (Å²) in [6.45, 7) is 1.88. The van der Waals surface area contributed by atoms with E-state index in [1.165, 1.54) is 13.2 Å². The van der Waals surface area contributed by atoms with E-state index in [-0.39, 0.29) is 24.6 Å². The molecule has 0 amide bonds. The molecule has 1 aromatic carbocycles.